The van der Waals surface area contributed by atoms with Crippen molar-refractivity contribution in [1.82, 2.24) is 4.57 Å². The van der Waals surface area contributed by atoms with Gasteiger partial charge in [0.05, 0.1) is 5.69 Å². The van der Waals surface area contributed by atoms with Gasteiger partial charge >= 0.3 is 0 Å². The van der Waals surface area contributed by atoms with Gasteiger partial charge in [0.1, 0.15) is 0 Å². The zero-order valence-electron chi connectivity index (χ0n) is 15.2. The molecule has 1 aromatic heterocycles. The van der Waals surface area contributed by atoms with Crippen LogP contribution >= 0.6 is 0 Å². The van der Waals surface area contributed by atoms with E-state index in [0.29, 0.717) is 17.9 Å². The summed E-state index contributed by atoms with van der Waals surface area (Å²) in [5, 5.41) is 2.66. The molecule has 0 atom stereocenters. The lowest BCUT2D eigenvalue weighted by Crippen LogP contribution is -2.25. The molecule has 0 saturated heterocycles. The van der Waals surface area contributed by atoms with Crippen LogP contribution < -0.4 is 5.32 Å². The lowest BCUT2D eigenvalue weighted by atomic mass is 10.1. The molecule has 132 valence electrons. The first kappa shape index (κ1) is 17.7. The van der Waals surface area contributed by atoms with Crippen molar-refractivity contribution >= 4 is 17.4 Å². The molecule has 0 spiro atoms. The summed E-state index contributed by atoms with van der Waals surface area (Å²) in [6.45, 7) is 6.65. The summed E-state index contributed by atoms with van der Waals surface area (Å²) in [7, 11) is 0. The second-order valence-electron chi connectivity index (χ2n) is 6.59. The third kappa shape index (κ3) is 3.91. The van der Waals surface area contributed by atoms with E-state index in [1.54, 1.807) is 28.8 Å². The topological polar surface area (TPSA) is 51.1 Å². The van der Waals surface area contributed by atoms with Crippen LogP contribution in [-0.4, -0.2) is 16.3 Å². The number of benzene rings is 2. The molecule has 2 aromatic carbocycles. The summed E-state index contributed by atoms with van der Waals surface area (Å²) in [6.07, 6.45) is 1.82. The van der Waals surface area contributed by atoms with Crippen LogP contribution in [0.3, 0.4) is 0 Å². The summed E-state index contributed by atoms with van der Waals surface area (Å²) in [5.41, 5.74) is 5.62. The monoisotopic (exact) mass is 346 g/mol. The van der Waals surface area contributed by atoms with Crippen molar-refractivity contribution in [3.05, 3.63) is 88.7 Å². The van der Waals surface area contributed by atoms with Crippen LogP contribution in [0, 0.1) is 20.8 Å². The number of aryl methyl sites for hydroxylation is 3. The standard InChI is InChI=1S/C22H22N2O2/c1-15-6-10-19(11-7-15)23-22(26)21(25)20-5-4-12-24(20)14-18-9-8-16(2)17(3)13-18/h4-13H,14H2,1-3H3,(H,23,26). The van der Waals surface area contributed by atoms with E-state index in [1.807, 2.05) is 31.3 Å². The second-order valence-corrected chi connectivity index (χ2v) is 6.59. The van der Waals surface area contributed by atoms with Crippen molar-refractivity contribution in [2.45, 2.75) is 27.3 Å². The smallest absolute Gasteiger partial charge is 0.298 e. The first-order chi connectivity index (χ1) is 12.4. The van der Waals surface area contributed by atoms with Gasteiger partial charge in [0, 0.05) is 18.4 Å². The van der Waals surface area contributed by atoms with Crippen molar-refractivity contribution < 1.29 is 9.59 Å². The summed E-state index contributed by atoms with van der Waals surface area (Å²) < 4.78 is 1.81. The highest BCUT2D eigenvalue weighted by Gasteiger charge is 2.20. The molecule has 1 N–H and O–H groups in total. The average Bonchev–Trinajstić information content (AvgIpc) is 3.07. The Morgan fingerprint density at radius 2 is 1.65 bits per heavy atom. The number of Topliss-reactive ketones (excluding diaryl/α,β-unsaturated/α-hetero) is 1. The number of ketones is 1. The fourth-order valence-electron chi connectivity index (χ4n) is 2.80. The van der Waals surface area contributed by atoms with Gasteiger partial charge in [-0.3, -0.25) is 9.59 Å². The molecule has 0 aliphatic carbocycles. The molecule has 4 heteroatoms. The Labute approximate surface area is 153 Å². The molecule has 0 unspecified atom stereocenters. The minimum atomic E-state index is -0.631. The molecule has 1 amide bonds. The predicted octanol–water partition coefficient (Wildman–Crippen LogP) is 4.28. The fourth-order valence-corrected chi connectivity index (χ4v) is 2.80. The maximum Gasteiger partial charge on any atom is 0.298 e. The molecule has 3 rings (SSSR count). The van der Waals surface area contributed by atoms with Gasteiger partial charge in [-0.15, -0.1) is 0 Å². The van der Waals surface area contributed by atoms with Gasteiger partial charge in [0.15, 0.2) is 0 Å². The van der Waals surface area contributed by atoms with Crippen LogP contribution in [0.5, 0.6) is 0 Å². The molecule has 0 aliphatic heterocycles. The molecule has 26 heavy (non-hydrogen) atoms. The van der Waals surface area contributed by atoms with Crippen LogP contribution in [0.1, 0.15) is 32.7 Å². The lowest BCUT2D eigenvalue weighted by molar-refractivity contribution is -0.112. The first-order valence-corrected chi connectivity index (χ1v) is 8.57. The number of aromatic nitrogens is 1. The molecule has 1 heterocycles. The molecule has 0 radical (unpaired) electrons. The van der Waals surface area contributed by atoms with E-state index < -0.39 is 11.7 Å². The van der Waals surface area contributed by atoms with Gasteiger partial charge < -0.3 is 9.88 Å². The number of carbonyl (C=O) groups excluding carboxylic acids is 2. The van der Waals surface area contributed by atoms with Gasteiger partial charge in [0.25, 0.3) is 11.7 Å². The van der Waals surface area contributed by atoms with Gasteiger partial charge in [-0.05, 0) is 61.7 Å². The van der Waals surface area contributed by atoms with E-state index in [4.69, 9.17) is 0 Å². The number of rotatable bonds is 5. The Kier molecular flexibility index (Phi) is 5.03. The Morgan fingerprint density at radius 1 is 0.923 bits per heavy atom. The molecule has 0 fully saturated rings. The third-order valence-corrected chi connectivity index (χ3v) is 4.50. The average molecular weight is 346 g/mol. The van der Waals surface area contributed by atoms with E-state index in [9.17, 15) is 9.59 Å². The summed E-state index contributed by atoms with van der Waals surface area (Å²) in [4.78, 5) is 24.9. The number of hydrogen-bond donors (Lipinski definition) is 1. The van der Waals surface area contributed by atoms with E-state index in [1.165, 1.54) is 11.1 Å². The molecule has 4 nitrogen and oxygen atoms in total. The van der Waals surface area contributed by atoms with Crippen LogP contribution in [-0.2, 0) is 11.3 Å². The fraction of sp³-hybridized carbons (Fsp3) is 0.182. The first-order valence-electron chi connectivity index (χ1n) is 8.57. The molecule has 0 bridgehead atoms. The SMILES string of the molecule is Cc1ccc(NC(=O)C(=O)c2cccn2Cc2ccc(C)c(C)c2)cc1. The Bertz CT molecular complexity index is 953. The van der Waals surface area contributed by atoms with Crippen molar-refractivity contribution in [1.29, 1.82) is 0 Å². The van der Waals surface area contributed by atoms with E-state index >= 15 is 0 Å². The number of nitrogens with zero attached hydrogens (tertiary/aromatic N) is 1. The lowest BCUT2D eigenvalue weighted by Gasteiger charge is -2.11. The quantitative estimate of drug-likeness (QED) is 0.554. The molecule has 3 aromatic rings. The van der Waals surface area contributed by atoms with Crippen molar-refractivity contribution in [3.8, 4) is 0 Å². The minimum Gasteiger partial charge on any atom is -0.340 e. The third-order valence-electron chi connectivity index (χ3n) is 4.50. The highest BCUT2D eigenvalue weighted by Crippen LogP contribution is 2.14. The largest absolute Gasteiger partial charge is 0.340 e. The van der Waals surface area contributed by atoms with E-state index in [0.717, 1.165) is 11.1 Å². The zero-order chi connectivity index (χ0) is 18.7. The number of carbonyl (C=O) groups is 2. The highest BCUT2D eigenvalue weighted by molar-refractivity contribution is 6.46. The Hall–Kier alpha value is -3.14. The van der Waals surface area contributed by atoms with Crippen LogP contribution in [0.4, 0.5) is 5.69 Å². The molecule has 0 aliphatic rings. The second kappa shape index (κ2) is 7.40. The van der Waals surface area contributed by atoms with Gasteiger partial charge in [-0.25, -0.2) is 0 Å². The zero-order valence-corrected chi connectivity index (χ0v) is 15.2. The summed E-state index contributed by atoms with van der Waals surface area (Å²) in [5.74, 6) is -1.17. The number of amides is 1. The van der Waals surface area contributed by atoms with Crippen molar-refractivity contribution in [3.63, 3.8) is 0 Å². The maximum atomic E-state index is 12.6. The number of nitrogens with one attached hydrogen (secondary N) is 1. The predicted molar refractivity (Wildman–Crippen MR) is 104 cm³/mol. The molecular weight excluding hydrogens is 324 g/mol. The van der Waals surface area contributed by atoms with Gasteiger partial charge in [0.2, 0.25) is 0 Å². The maximum absolute atomic E-state index is 12.6. The number of anilines is 1. The molecule has 0 saturated carbocycles. The van der Waals surface area contributed by atoms with Crippen molar-refractivity contribution in [2.24, 2.45) is 0 Å². The van der Waals surface area contributed by atoms with Crippen LogP contribution in [0.25, 0.3) is 0 Å². The normalized spacial score (nSPS) is 10.6. The Morgan fingerprint density at radius 3 is 2.35 bits per heavy atom. The summed E-state index contributed by atoms with van der Waals surface area (Å²) in [6, 6.07) is 17.0. The van der Waals surface area contributed by atoms with Crippen LogP contribution in [0.15, 0.2) is 60.8 Å². The number of hydrogen-bond acceptors (Lipinski definition) is 2. The molecular formula is C22H22N2O2. The summed E-state index contributed by atoms with van der Waals surface area (Å²) >= 11 is 0. The van der Waals surface area contributed by atoms with Gasteiger partial charge in [-0.2, -0.15) is 0 Å². The van der Waals surface area contributed by atoms with Gasteiger partial charge in [-0.1, -0.05) is 35.9 Å². The van der Waals surface area contributed by atoms with E-state index in [-0.39, 0.29) is 0 Å². The Balaban J connectivity index is 1.76. The van der Waals surface area contributed by atoms with E-state index in [2.05, 4.69) is 31.3 Å². The van der Waals surface area contributed by atoms with Crippen LogP contribution in [0.2, 0.25) is 0 Å². The minimum absolute atomic E-state index is 0.382. The van der Waals surface area contributed by atoms with Crippen molar-refractivity contribution in [2.75, 3.05) is 5.32 Å². The highest BCUT2D eigenvalue weighted by atomic mass is 16.2.